The van der Waals surface area contributed by atoms with Crippen molar-refractivity contribution in [1.82, 2.24) is 4.98 Å². The van der Waals surface area contributed by atoms with E-state index in [1.54, 1.807) is 0 Å². The van der Waals surface area contributed by atoms with Crippen LogP contribution in [0.1, 0.15) is 79.1 Å². The number of rotatable bonds is 7. The average Bonchev–Trinajstić information content (AvgIpc) is 3.24. The summed E-state index contributed by atoms with van der Waals surface area (Å²) in [6.07, 6.45) is -2.65. The van der Waals surface area contributed by atoms with E-state index in [4.69, 9.17) is 28.4 Å². The van der Waals surface area contributed by atoms with E-state index in [0.717, 1.165) is 34.6 Å². The maximum absolute atomic E-state index is 14.8. The van der Waals surface area contributed by atoms with E-state index in [0.29, 0.717) is 0 Å². The normalized spacial score (nSPS) is 30.4. The zero-order chi connectivity index (χ0) is 38.6. The van der Waals surface area contributed by atoms with Gasteiger partial charge in [-0.3, -0.25) is 38.5 Å². The third-order valence-electron chi connectivity index (χ3n) is 8.66. The van der Waals surface area contributed by atoms with Gasteiger partial charge in [-0.15, -0.1) is 0 Å². The molecule has 15 heteroatoms. The molecule has 0 bridgehead atoms. The Morgan fingerprint density at radius 3 is 1.82 bits per heavy atom. The van der Waals surface area contributed by atoms with Crippen LogP contribution in [0, 0.1) is 17.3 Å². The van der Waals surface area contributed by atoms with E-state index in [2.05, 4.69) is 11.6 Å². The second kappa shape index (κ2) is 15.4. The van der Waals surface area contributed by atoms with E-state index in [-0.39, 0.29) is 5.56 Å². The lowest BCUT2D eigenvalue weighted by Gasteiger charge is -2.42. The molecule has 1 aromatic rings. The Morgan fingerprint density at radius 1 is 0.765 bits per heavy atom. The van der Waals surface area contributed by atoms with Gasteiger partial charge < -0.3 is 28.4 Å². The van der Waals surface area contributed by atoms with Gasteiger partial charge in [-0.25, -0.2) is 4.79 Å². The number of Topliss-reactive ketones (excluding diaryl/α,β-unsaturated/α-hetero) is 2. The van der Waals surface area contributed by atoms with Crippen LogP contribution < -0.4 is 0 Å². The van der Waals surface area contributed by atoms with Crippen molar-refractivity contribution in [2.75, 3.05) is 0 Å². The molecule has 2 aliphatic rings. The summed E-state index contributed by atoms with van der Waals surface area (Å²) < 4.78 is 34.5. The van der Waals surface area contributed by atoms with Crippen LogP contribution in [0.5, 0.6) is 0 Å². The summed E-state index contributed by atoms with van der Waals surface area (Å²) in [6, 6.07) is 2.88. The Hall–Kier alpha value is -5.21. The summed E-state index contributed by atoms with van der Waals surface area (Å²) in [5.41, 5.74) is -6.33. The van der Waals surface area contributed by atoms with E-state index < -0.39 is 112 Å². The number of aromatic nitrogens is 1. The minimum Gasteiger partial charge on any atom is -0.458 e. The van der Waals surface area contributed by atoms with Crippen molar-refractivity contribution in [2.24, 2.45) is 17.3 Å². The predicted molar refractivity (Wildman–Crippen MR) is 174 cm³/mol. The lowest BCUT2D eigenvalue weighted by Crippen LogP contribution is -2.58. The lowest BCUT2D eigenvalue weighted by molar-refractivity contribution is -0.188. The van der Waals surface area contributed by atoms with Crippen LogP contribution in [0.3, 0.4) is 0 Å². The van der Waals surface area contributed by atoms with Crippen molar-refractivity contribution in [2.45, 2.75) is 104 Å². The number of esters is 6. The van der Waals surface area contributed by atoms with E-state index in [9.17, 15) is 38.4 Å². The number of nitrogens with zero attached hydrogens (tertiary/aromatic N) is 1. The van der Waals surface area contributed by atoms with Gasteiger partial charge in [0.25, 0.3) is 0 Å². The molecular formula is C36H43NO14. The molecular weight excluding hydrogens is 670 g/mol. The van der Waals surface area contributed by atoms with Crippen molar-refractivity contribution in [3.05, 3.63) is 54.4 Å². The molecule has 0 saturated heterocycles. The van der Waals surface area contributed by atoms with Gasteiger partial charge in [0.05, 0.1) is 11.5 Å². The first-order valence-electron chi connectivity index (χ1n) is 16.0. The molecule has 15 nitrogen and oxygen atoms in total. The van der Waals surface area contributed by atoms with E-state index >= 15 is 0 Å². The van der Waals surface area contributed by atoms with Crippen LogP contribution in [0.4, 0.5) is 0 Å². The molecule has 1 heterocycles. The lowest BCUT2D eigenvalue weighted by atomic mass is 9.72. The van der Waals surface area contributed by atoms with Crippen LogP contribution in [0.25, 0.3) is 0 Å². The number of pyridine rings is 1. The molecule has 0 N–H and O–H groups in total. The molecule has 0 aliphatic heterocycles. The zero-order valence-electron chi connectivity index (χ0n) is 30.0. The van der Waals surface area contributed by atoms with Gasteiger partial charge in [0.2, 0.25) is 6.10 Å². The van der Waals surface area contributed by atoms with Crippen LogP contribution >= 0.6 is 0 Å². The maximum Gasteiger partial charge on any atom is 0.340 e. The summed E-state index contributed by atoms with van der Waals surface area (Å²) in [6.45, 7) is 14.8. The molecule has 0 radical (unpaired) electrons. The number of fused-ring (bicyclic) bond motifs is 1. The number of allylic oxidation sites excluding steroid dienone is 2. The molecule has 0 amide bonds. The highest BCUT2D eigenvalue weighted by Crippen LogP contribution is 2.54. The number of ketones is 2. The first kappa shape index (κ1) is 40.2. The molecule has 276 valence electrons. The topological polar surface area (TPSA) is 205 Å². The van der Waals surface area contributed by atoms with Gasteiger partial charge >= 0.3 is 35.8 Å². The summed E-state index contributed by atoms with van der Waals surface area (Å²) in [5.74, 6) is -10.3. The Bertz CT molecular complexity index is 1650. The maximum atomic E-state index is 14.8. The number of carbonyl (C=O) groups excluding carboxylic acids is 8. The third-order valence-corrected chi connectivity index (χ3v) is 8.66. The Kier molecular flexibility index (Phi) is 12.1. The second-order valence-electron chi connectivity index (χ2n) is 13.4. The van der Waals surface area contributed by atoms with Gasteiger partial charge in [0.1, 0.15) is 6.10 Å². The van der Waals surface area contributed by atoms with Crippen LogP contribution in [-0.4, -0.2) is 88.0 Å². The summed E-state index contributed by atoms with van der Waals surface area (Å²) in [5, 5.41) is 0. The van der Waals surface area contributed by atoms with Gasteiger partial charge in [0, 0.05) is 70.3 Å². The largest absolute Gasteiger partial charge is 0.458 e. The molecule has 8 unspecified atom stereocenters. The van der Waals surface area contributed by atoms with Gasteiger partial charge in [0.15, 0.2) is 35.0 Å². The van der Waals surface area contributed by atoms with Crippen molar-refractivity contribution in [1.29, 1.82) is 0 Å². The molecule has 1 aromatic heterocycles. The van der Waals surface area contributed by atoms with Crippen molar-refractivity contribution >= 4 is 47.4 Å². The standard InChI is InChI=1S/C36H43NO14/c1-18-13-14-34(8,9)31(44)29(48-22(5)40)28(47-21(4)39)19(2)27(46-20(3)38)26-32(49-23(6)41)35(10,17-36(26,30(18)43)50-24(7)42)51-33(45)25-12-11-15-37-16-25/h11-16,18,26-29,32H,2,17H2,1,3-10H3. The number of hydrogen-bond donors (Lipinski definition) is 0. The number of ether oxygens (including phenoxy) is 6. The molecule has 1 fully saturated rings. The van der Waals surface area contributed by atoms with Crippen LogP contribution in [0.2, 0.25) is 0 Å². The predicted octanol–water partition coefficient (Wildman–Crippen LogP) is 2.97. The van der Waals surface area contributed by atoms with Crippen LogP contribution in [0.15, 0.2) is 48.8 Å². The van der Waals surface area contributed by atoms with E-state index in [1.807, 2.05) is 0 Å². The smallest absolute Gasteiger partial charge is 0.340 e. The van der Waals surface area contributed by atoms with Crippen molar-refractivity contribution in [3.8, 4) is 0 Å². The number of hydrogen-bond acceptors (Lipinski definition) is 15. The summed E-state index contributed by atoms with van der Waals surface area (Å²) in [4.78, 5) is 110. The first-order chi connectivity index (χ1) is 23.6. The first-order valence-corrected chi connectivity index (χ1v) is 16.0. The average molecular weight is 714 g/mol. The van der Waals surface area contributed by atoms with Gasteiger partial charge in [-0.05, 0) is 32.9 Å². The fourth-order valence-corrected chi connectivity index (χ4v) is 6.62. The molecule has 1 saturated carbocycles. The minimum absolute atomic E-state index is 0.0174. The highest BCUT2D eigenvalue weighted by molar-refractivity contribution is 5.96. The molecule has 3 rings (SSSR count). The molecule has 51 heavy (non-hydrogen) atoms. The Balaban J connectivity index is 2.52. The minimum atomic E-state index is -2.41. The summed E-state index contributed by atoms with van der Waals surface area (Å²) >= 11 is 0. The monoisotopic (exact) mass is 713 g/mol. The summed E-state index contributed by atoms with van der Waals surface area (Å²) in [7, 11) is 0. The Labute approximate surface area is 295 Å². The molecule has 2 aliphatic carbocycles. The highest BCUT2D eigenvalue weighted by Gasteiger charge is 2.72. The van der Waals surface area contributed by atoms with Crippen molar-refractivity contribution < 1.29 is 66.8 Å². The molecule has 0 spiro atoms. The number of carbonyl (C=O) groups is 8. The fourth-order valence-electron chi connectivity index (χ4n) is 6.62. The zero-order valence-corrected chi connectivity index (χ0v) is 30.0. The van der Waals surface area contributed by atoms with Gasteiger partial charge in [-0.1, -0.05) is 25.7 Å². The van der Waals surface area contributed by atoms with Crippen molar-refractivity contribution in [3.63, 3.8) is 0 Å². The second-order valence-corrected chi connectivity index (χ2v) is 13.4. The Morgan fingerprint density at radius 2 is 1.31 bits per heavy atom. The van der Waals surface area contributed by atoms with Gasteiger partial charge in [-0.2, -0.15) is 0 Å². The highest BCUT2D eigenvalue weighted by atomic mass is 16.6. The molecule has 0 aromatic carbocycles. The third kappa shape index (κ3) is 8.75. The quantitative estimate of drug-likeness (QED) is 0.226. The fraction of sp³-hybridized carbons (Fsp3) is 0.528. The van der Waals surface area contributed by atoms with Crippen LogP contribution in [-0.2, 0) is 62.0 Å². The van der Waals surface area contributed by atoms with E-state index in [1.165, 1.54) is 64.4 Å². The SMILES string of the molecule is C=C1C(OC(C)=O)C(OC(C)=O)C(=O)C(C)(C)C=CC(C)C(=O)C2(OC(C)=O)CC(C)(OC(=O)c3cccnc3)C(OC(C)=O)C2C1OC(C)=O. The molecule has 8 atom stereocenters.